The molecule has 0 atom stereocenters. The molecule has 0 fully saturated rings. The summed E-state index contributed by atoms with van der Waals surface area (Å²) in [5.74, 6) is 1.20. The lowest BCUT2D eigenvalue weighted by molar-refractivity contribution is 0.196. The number of benzene rings is 1. The molecule has 0 aliphatic heterocycles. The molecule has 1 aromatic heterocycles. The van der Waals surface area contributed by atoms with Crippen LogP contribution in [-0.2, 0) is 6.54 Å². The summed E-state index contributed by atoms with van der Waals surface area (Å²) < 4.78 is 5.75. The van der Waals surface area contributed by atoms with Crippen LogP contribution in [0.4, 0.5) is 0 Å². The first-order valence-electron chi connectivity index (χ1n) is 7.18. The second kappa shape index (κ2) is 6.37. The van der Waals surface area contributed by atoms with Crippen molar-refractivity contribution in [2.75, 3.05) is 20.1 Å². The zero-order valence-corrected chi connectivity index (χ0v) is 13.3. The Kier molecular flexibility index (Phi) is 4.75. The Bertz CT molecular complexity index is 591. The molecule has 0 amide bonds. The molecular formula is C16H24N4O. The maximum Gasteiger partial charge on any atom is 0.247 e. The van der Waals surface area contributed by atoms with Crippen LogP contribution >= 0.6 is 0 Å². The lowest BCUT2D eigenvalue weighted by Gasteiger charge is -2.27. The van der Waals surface area contributed by atoms with Crippen molar-refractivity contribution >= 4 is 0 Å². The predicted molar refractivity (Wildman–Crippen MR) is 83.6 cm³/mol. The van der Waals surface area contributed by atoms with E-state index in [4.69, 9.17) is 10.2 Å². The number of rotatable bonds is 6. The fourth-order valence-electron chi connectivity index (χ4n) is 2.29. The van der Waals surface area contributed by atoms with Crippen molar-refractivity contribution in [3.8, 4) is 11.5 Å². The van der Waals surface area contributed by atoms with Crippen molar-refractivity contribution in [1.82, 2.24) is 15.1 Å². The van der Waals surface area contributed by atoms with Crippen molar-refractivity contribution in [2.24, 2.45) is 11.1 Å². The largest absolute Gasteiger partial charge is 0.419 e. The van der Waals surface area contributed by atoms with Crippen LogP contribution in [0.15, 0.2) is 28.7 Å². The van der Waals surface area contributed by atoms with Crippen molar-refractivity contribution in [1.29, 1.82) is 0 Å². The minimum absolute atomic E-state index is 0.0775. The maximum atomic E-state index is 5.76. The number of nitrogens with two attached hydrogens (primary N) is 1. The van der Waals surface area contributed by atoms with Crippen LogP contribution in [0.3, 0.4) is 0 Å². The lowest BCUT2D eigenvalue weighted by Crippen LogP contribution is -2.36. The third-order valence-electron chi connectivity index (χ3n) is 3.39. The Labute approximate surface area is 126 Å². The molecule has 0 unspecified atom stereocenters. The van der Waals surface area contributed by atoms with Gasteiger partial charge in [0.05, 0.1) is 6.54 Å². The van der Waals surface area contributed by atoms with Gasteiger partial charge in [0.2, 0.25) is 11.8 Å². The Morgan fingerprint density at radius 3 is 2.71 bits per heavy atom. The fraction of sp³-hybridized carbons (Fsp3) is 0.500. The Morgan fingerprint density at radius 2 is 2.05 bits per heavy atom. The predicted octanol–water partition coefficient (Wildman–Crippen LogP) is 2.46. The third kappa shape index (κ3) is 4.37. The SMILES string of the molecule is Cc1cccc(-c2nnc(CN(C)CC(C)(C)CN)o2)c1. The molecule has 0 aliphatic carbocycles. The van der Waals surface area contributed by atoms with Crippen LogP contribution in [0.2, 0.25) is 0 Å². The summed E-state index contributed by atoms with van der Waals surface area (Å²) in [7, 11) is 2.04. The second-order valence-electron chi connectivity index (χ2n) is 6.41. The van der Waals surface area contributed by atoms with E-state index in [1.807, 2.05) is 38.2 Å². The van der Waals surface area contributed by atoms with Gasteiger partial charge in [0.25, 0.3) is 0 Å². The standard InChI is InChI=1S/C16H24N4O/c1-12-6-5-7-13(8-12)15-19-18-14(21-15)9-20(4)11-16(2,3)10-17/h5-8H,9-11,17H2,1-4H3. The van der Waals surface area contributed by atoms with E-state index < -0.39 is 0 Å². The molecule has 2 N–H and O–H groups in total. The fourth-order valence-corrected chi connectivity index (χ4v) is 2.29. The highest BCUT2D eigenvalue weighted by atomic mass is 16.4. The van der Waals surface area contributed by atoms with Crippen LogP contribution in [0.5, 0.6) is 0 Å². The zero-order valence-electron chi connectivity index (χ0n) is 13.3. The number of aromatic nitrogens is 2. The summed E-state index contributed by atoms with van der Waals surface area (Å²) in [4.78, 5) is 2.15. The Morgan fingerprint density at radius 1 is 1.29 bits per heavy atom. The third-order valence-corrected chi connectivity index (χ3v) is 3.39. The van der Waals surface area contributed by atoms with E-state index in [9.17, 15) is 0 Å². The minimum atomic E-state index is 0.0775. The summed E-state index contributed by atoms with van der Waals surface area (Å²) in [6, 6.07) is 8.05. The molecule has 0 bridgehead atoms. The molecule has 1 heterocycles. The van der Waals surface area contributed by atoms with Gasteiger partial charge in [-0.15, -0.1) is 10.2 Å². The number of nitrogens with zero attached hydrogens (tertiary/aromatic N) is 3. The van der Waals surface area contributed by atoms with Crippen LogP contribution in [-0.4, -0.2) is 35.2 Å². The molecule has 21 heavy (non-hydrogen) atoms. The van der Waals surface area contributed by atoms with E-state index in [1.54, 1.807) is 0 Å². The molecule has 2 aromatic rings. The summed E-state index contributed by atoms with van der Waals surface area (Å²) in [6.45, 7) is 8.50. The molecule has 2 rings (SSSR count). The van der Waals surface area contributed by atoms with E-state index in [1.165, 1.54) is 5.56 Å². The smallest absolute Gasteiger partial charge is 0.247 e. The first kappa shape index (κ1) is 15.7. The van der Waals surface area contributed by atoms with Gasteiger partial charge in [-0.3, -0.25) is 4.90 Å². The molecule has 0 spiro atoms. The highest BCUT2D eigenvalue weighted by Crippen LogP contribution is 2.20. The Balaban J connectivity index is 2.03. The van der Waals surface area contributed by atoms with Crippen LogP contribution in [0, 0.1) is 12.3 Å². The van der Waals surface area contributed by atoms with E-state index in [0.717, 1.165) is 12.1 Å². The van der Waals surface area contributed by atoms with E-state index >= 15 is 0 Å². The van der Waals surface area contributed by atoms with Crippen LogP contribution in [0.25, 0.3) is 11.5 Å². The first-order valence-corrected chi connectivity index (χ1v) is 7.18. The van der Waals surface area contributed by atoms with Gasteiger partial charge in [0.15, 0.2) is 0 Å². The van der Waals surface area contributed by atoms with E-state index in [0.29, 0.717) is 24.9 Å². The minimum Gasteiger partial charge on any atom is -0.419 e. The van der Waals surface area contributed by atoms with Gasteiger partial charge in [-0.25, -0.2) is 0 Å². The average molecular weight is 288 g/mol. The highest BCUT2D eigenvalue weighted by Gasteiger charge is 2.19. The monoisotopic (exact) mass is 288 g/mol. The van der Waals surface area contributed by atoms with Gasteiger partial charge in [-0.2, -0.15) is 0 Å². The summed E-state index contributed by atoms with van der Waals surface area (Å²) in [5.41, 5.74) is 7.97. The molecule has 0 radical (unpaired) electrons. The van der Waals surface area contributed by atoms with Gasteiger partial charge in [-0.1, -0.05) is 31.5 Å². The summed E-state index contributed by atoms with van der Waals surface area (Å²) >= 11 is 0. The Hall–Kier alpha value is -1.72. The summed E-state index contributed by atoms with van der Waals surface area (Å²) in [6.07, 6.45) is 0. The number of hydrogen-bond acceptors (Lipinski definition) is 5. The van der Waals surface area contributed by atoms with Gasteiger partial charge >= 0.3 is 0 Å². The topological polar surface area (TPSA) is 68.2 Å². The molecule has 0 saturated heterocycles. The normalized spacial score (nSPS) is 12.1. The van der Waals surface area contributed by atoms with Gasteiger partial charge in [0.1, 0.15) is 0 Å². The molecule has 1 aromatic carbocycles. The van der Waals surface area contributed by atoms with Crippen molar-refractivity contribution < 1.29 is 4.42 Å². The quantitative estimate of drug-likeness (QED) is 0.884. The second-order valence-corrected chi connectivity index (χ2v) is 6.41. The molecule has 5 heteroatoms. The first-order chi connectivity index (χ1) is 9.89. The van der Waals surface area contributed by atoms with Gasteiger partial charge in [-0.05, 0) is 38.1 Å². The zero-order chi connectivity index (χ0) is 15.5. The van der Waals surface area contributed by atoms with Crippen LogP contribution < -0.4 is 5.73 Å². The van der Waals surface area contributed by atoms with Gasteiger partial charge in [0, 0.05) is 12.1 Å². The molecular weight excluding hydrogens is 264 g/mol. The molecule has 0 aliphatic rings. The lowest BCUT2D eigenvalue weighted by atomic mass is 9.93. The number of aryl methyl sites for hydroxylation is 1. The molecule has 114 valence electrons. The molecule has 5 nitrogen and oxygen atoms in total. The van der Waals surface area contributed by atoms with E-state index in [2.05, 4.69) is 28.9 Å². The maximum absolute atomic E-state index is 5.76. The number of hydrogen-bond donors (Lipinski definition) is 1. The molecule has 0 saturated carbocycles. The van der Waals surface area contributed by atoms with Crippen LogP contribution in [0.1, 0.15) is 25.3 Å². The highest BCUT2D eigenvalue weighted by molar-refractivity contribution is 5.53. The average Bonchev–Trinajstić information content (AvgIpc) is 2.86. The van der Waals surface area contributed by atoms with Gasteiger partial charge < -0.3 is 10.2 Å². The van der Waals surface area contributed by atoms with Crippen molar-refractivity contribution in [3.05, 3.63) is 35.7 Å². The van der Waals surface area contributed by atoms with Crippen molar-refractivity contribution in [3.63, 3.8) is 0 Å². The summed E-state index contributed by atoms with van der Waals surface area (Å²) in [5, 5.41) is 8.26. The van der Waals surface area contributed by atoms with E-state index in [-0.39, 0.29) is 5.41 Å². The van der Waals surface area contributed by atoms with Crippen molar-refractivity contribution in [2.45, 2.75) is 27.3 Å².